The average Bonchev–Trinajstić information content (AvgIpc) is 2.91. The third kappa shape index (κ3) is 7.51. The molecule has 3 aliphatic rings. The van der Waals surface area contributed by atoms with Crippen LogP contribution in [0, 0.1) is 41.4 Å². The summed E-state index contributed by atoms with van der Waals surface area (Å²) < 4.78 is 0. The molecule has 0 aromatic heterocycles. The van der Waals surface area contributed by atoms with Gasteiger partial charge in [0.2, 0.25) is 0 Å². The van der Waals surface area contributed by atoms with Gasteiger partial charge in [-0.15, -0.1) is 0 Å². The fourth-order valence-corrected chi connectivity index (χ4v) is 7.30. The summed E-state index contributed by atoms with van der Waals surface area (Å²) in [7, 11) is 0. The van der Waals surface area contributed by atoms with Gasteiger partial charge in [-0.2, -0.15) is 0 Å². The van der Waals surface area contributed by atoms with E-state index < -0.39 is 0 Å². The van der Waals surface area contributed by atoms with Gasteiger partial charge >= 0.3 is 0 Å². The highest BCUT2D eigenvalue weighted by molar-refractivity contribution is 5.39. The summed E-state index contributed by atoms with van der Waals surface area (Å²) in [5.74, 6) is 12.3. The van der Waals surface area contributed by atoms with Gasteiger partial charge in [0.15, 0.2) is 0 Å². The van der Waals surface area contributed by atoms with Crippen molar-refractivity contribution in [3.63, 3.8) is 0 Å². The molecule has 0 amide bonds. The molecule has 186 valence electrons. The molecule has 0 nitrogen and oxygen atoms in total. The lowest BCUT2D eigenvalue weighted by Gasteiger charge is -2.37. The second-order valence-corrected chi connectivity index (χ2v) is 12.0. The van der Waals surface area contributed by atoms with Crippen molar-refractivity contribution in [3.8, 4) is 11.8 Å². The van der Waals surface area contributed by atoms with Crippen LogP contribution in [-0.4, -0.2) is 0 Å². The van der Waals surface area contributed by atoms with Crippen LogP contribution in [0.2, 0.25) is 0 Å². The Labute approximate surface area is 211 Å². The van der Waals surface area contributed by atoms with E-state index in [2.05, 4.69) is 62.1 Å². The maximum atomic E-state index is 3.38. The van der Waals surface area contributed by atoms with Gasteiger partial charge in [-0.05, 0) is 123 Å². The topological polar surface area (TPSA) is 0 Å². The van der Waals surface area contributed by atoms with Crippen LogP contribution in [0.5, 0.6) is 0 Å². The molecule has 0 N–H and O–H groups in total. The Morgan fingerprint density at radius 1 is 0.735 bits per heavy atom. The number of hydrogen-bond donors (Lipinski definition) is 0. The van der Waals surface area contributed by atoms with Crippen LogP contribution in [0.1, 0.15) is 134 Å². The lowest BCUT2D eigenvalue weighted by Crippen LogP contribution is -2.25. The Bertz CT molecular complexity index is 779. The Morgan fingerprint density at radius 2 is 1.35 bits per heavy atom. The smallest absolute Gasteiger partial charge is 0.0249 e. The molecule has 0 radical (unpaired) electrons. The minimum atomic E-state index is 0.757. The van der Waals surface area contributed by atoms with Gasteiger partial charge in [-0.1, -0.05) is 82.4 Å². The number of benzene rings is 1. The quantitative estimate of drug-likeness (QED) is 0.356. The Kier molecular flexibility index (Phi) is 10.2. The standard InChI is InChI=1S/C34H50/c1-3-5-8-28-13-21-33(22-14-28)34-25-17-30(18-26-34)10-7-6-9-29-15-23-32(24-16-29)31-19-11-27(4-2)12-20-31/h6,9,17-18,25-29,31-33H,3-5,8,11-16,19-24H2,1-2H3/t27-,28-,29-,31-,32-,33-. The first-order valence-electron chi connectivity index (χ1n) is 15.0. The van der Waals surface area contributed by atoms with E-state index in [4.69, 9.17) is 0 Å². The summed E-state index contributed by atoms with van der Waals surface area (Å²) in [5.41, 5.74) is 2.70. The highest BCUT2D eigenvalue weighted by atomic mass is 14.3. The van der Waals surface area contributed by atoms with Gasteiger partial charge in [0.25, 0.3) is 0 Å². The van der Waals surface area contributed by atoms with E-state index in [-0.39, 0.29) is 0 Å². The SMILES string of the molecule is CCCC[C@H]1CC[C@H](c2ccc(C#CC=C[C@H]3CC[C@H]([C@H]4CC[C@H](CC)CC4)CC3)cc2)CC1. The van der Waals surface area contributed by atoms with E-state index in [0.717, 1.165) is 41.1 Å². The maximum absolute atomic E-state index is 3.38. The molecule has 0 heteroatoms. The lowest BCUT2D eigenvalue weighted by atomic mass is 9.69. The first-order chi connectivity index (χ1) is 16.7. The largest absolute Gasteiger partial charge is 0.0730 e. The van der Waals surface area contributed by atoms with Crippen LogP contribution in [-0.2, 0) is 0 Å². The van der Waals surface area contributed by atoms with Gasteiger partial charge in [0.1, 0.15) is 0 Å². The molecule has 0 unspecified atom stereocenters. The summed E-state index contributed by atoms with van der Waals surface area (Å²) in [6, 6.07) is 9.19. The van der Waals surface area contributed by atoms with E-state index in [9.17, 15) is 0 Å². The predicted octanol–water partition coefficient (Wildman–Crippen LogP) is 10.1. The second-order valence-electron chi connectivity index (χ2n) is 12.0. The number of rotatable bonds is 7. The van der Waals surface area contributed by atoms with E-state index in [1.807, 2.05) is 0 Å². The third-order valence-electron chi connectivity index (χ3n) is 9.81. The molecule has 34 heavy (non-hydrogen) atoms. The van der Waals surface area contributed by atoms with Gasteiger partial charge < -0.3 is 0 Å². The number of hydrogen-bond acceptors (Lipinski definition) is 0. The van der Waals surface area contributed by atoms with Crippen LogP contribution in [0.25, 0.3) is 0 Å². The van der Waals surface area contributed by atoms with Crippen LogP contribution in [0.3, 0.4) is 0 Å². The second kappa shape index (κ2) is 13.6. The average molecular weight is 459 g/mol. The Morgan fingerprint density at radius 3 is 1.97 bits per heavy atom. The fraction of sp³-hybridized carbons (Fsp3) is 0.706. The van der Waals surface area contributed by atoms with Gasteiger partial charge in [-0.3, -0.25) is 0 Å². The fourth-order valence-electron chi connectivity index (χ4n) is 7.30. The number of unbranched alkanes of at least 4 members (excludes halogenated alkanes) is 1. The molecule has 0 atom stereocenters. The van der Waals surface area contributed by atoms with Crippen molar-refractivity contribution in [2.75, 3.05) is 0 Å². The van der Waals surface area contributed by atoms with Gasteiger partial charge in [0, 0.05) is 5.56 Å². The molecule has 3 fully saturated rings. The zero-order valence-corrected chi connectivity index (χ0v) is 22.2. The van der Waals surface area contributed by atoms with Crippen LogP contribution in [0.4, 0.5) is 0 Å². The molecule has 0 bridgehead atoms. The van der Waals surface area contributed by atoms with Crippen LogP contribution in [0.15, 0.2) is 36.4 Å². The number of allylic oxidation sites excluding steroid dienone is 2. The molecule has 3 saturated carbocycles. The lowest BCUT2D eigenvalue weighted by molar-refractivity contribution is 0.154. The normalized spacial score (nSPS) is 32.3. The highest BCUT2D eigenvalue weighted by Gasteiger charge is 2.29. The van der Waals surface area contributed by atoms with Crippen molar-refractivity contribution in [1.82, 2.24) is 0 Å². The van der Waals surface area contributed by atoms with E-state index in [0.29, 0.717) is 0 Å². The Hall–Kier alpha value is -1.48. The summed E-state index contributed by atoms with van der Waals surface area (Å²) in [6.45, 7) is 4.69. The maximum Gasteiger partial charge on any atom is 0.0249 e. The third-order valence-corrected chi connectivity index (χ3v) is 9.81. The summed E-state index contributed by atoms with van der Waals surface area (Å²) in [6.07, 6.45) is 27.4. The van der Waals surface area contributed by atoms with Gasteiger partial charge in [-0.25, -0.2) is 0 Å². The minimum absolute atomic E-state index is 0.757. The molecule has 3 aliphatic carbocycles. The zero-order chi connectivity index (χ0) is 23.6. The molecule has 0 heterocycles. The molecule has 0 aliphatic heterocycles. The molecular formula is C34H50. The van der Waals surface area contributed by atoms with Crippen molar-refractivity contribution in [2.45, 2.75) is 122 Å². The van der Waals surface area contributed by atoms with Crippen LogP contribution < -0.4 is 0 Å². The first kappa shape index (κ1) is 25.6. The minimum Gasteiger partial charge on any atom is -0.0730 e. The van der Waals surface area contributed by atoms with Gasteiger partial charge in [0.05, 0.1) is 0 Å². The first-order valence-corrected chi connectivity index (χ1v) is 15.0. The molecule has 0 spiro atoms. The van der Waals surface area contributed by atoms with E-state index >= 15 is 0 Å². The molecular weight excluding hydrogens is 408 g/mol. The van der Waals surface area contributed by atoms with Crippen molar-refractivity contribution in [2.24, 2.45) is 29.6 Å². The Balaban J connectivity index is 1.17. The van der Waals surface area contributed by atoms with Crippen molar-refractivity contribution in [1.29, 1.82) is 0 Å². The highest BCUT2D eigenvalue weighted by Crippen LogP contribution is 2.42. The summed E-state index contributed by atoms with van der Waals surface area (Å²) in [4.78, 5) is 0. The zero-order valence-electron chi connectivity index (χ0n) is 22.2. The van der Waals surface area contributed by atoms with Crippen LogP contribution >= 0.6 is 0 Å². The van der Waals surface area contributed by atoms with E-state index in [1.165, 1.54) is 108 Å². The summed E-state index contributed by atoms with van der Waals surface area (Å²) >= 11 is 0. The van der Waals surface area contributed by atoms with Crippen molar-refractivity contribution >= 4 is 0 Å². The monoisotopic (exact) mass is 458 g/mol. The summed E-state index contributed by atoms with van der Waals surface area (Å²) in [5, 5.41) is 0. The molecule has 4 rings (SSSR count). The van der Waals surface area contributed by atoms with Crippen molar-refractivity contribution in [3.05, 3.63) is 47.5 Å². The van der Waals surface area contributed by atoms with E-state index in [1.54, 1.807) is 0 Å². The predicted molar refractivity (Wildman–Crippen MR) is 148 cm³/mol. The van der Waals surface area contributed by atoms with Crippen molar-refractivity contribution < 1.29 is 0 Å². The molecule has 0 saturated heterocycles. The molecule has 1 aromatic carbocycles. The molecule has 1 aromatic rings.